The highest BCUT2D eigenvalue weighted by Gasteiger charge is 2.30. The van der Waals surface area contributed by atoms with Crippen LogP contribution in [0.2, 0.25) is 0 Å². The highest BCUT2D eigenvalue weighted by atomic mass is 79.9. The van der Waals surface area contributed by atoms with Gasteiger partial charge in [-0.25, -0.2) is 0 Å². The number of likely N-dealkylation sites (N-methyl/N-ethyl adjacent to an activating group) is 1. The molecule has 0 spiro atoms. The summed E-state index contributed by atoms with van der Waals surface area (Å²) in [6, 6.07) is 6.18. The molecule has 0 N–H and O–H groups in total. The Morgan fingerprint density at radius 3 is 2.89 bits per heavy atom. The van der Waals surface area contributed by atoms with Gasteiger partial charge < -0.3 is 9.80 Å². The van der Waals surface area contributed by atoms with Crippen LogP contribution < -0.4 is 0 Å². The number of carbonyl (C=O) groups is 1. The molecule has 3 nitrogen and oxygen atoms in total. The topological polar surface area (TPSA) is 23.6 Å². The number of nitrogens with zero attached hydrogens (tertiary/aromatic N) is 2. The summed E-state index contributed by atoms with van der Waals surface area (Å²) in [6.45, 7) is 3.82. The first-order valence-electron chi connectivity index (χ1n) is 6.71. The van der Waals surface area contributed by atoms with Crippen molar-refractivity contribution >= 4 is 21.8 Å². The molecule has 19 heavy (non-hydrogen) atoms. The van der Waals surface area contributed by atoms with Gasteiger partial charge in [-0.05, 0) is 51.6 Å². The number of halogens is 1. The van der Waals surface area contributed by atoms with Crippen molar-refractivity contribution in [2.45, 2.75) is 25.8 Å². The van der Waals surface area contributed by atoms with Crippen molar-refractivity contribution in [1.29, 1.82) is 0 Å². The zero-order valence-corrected chi connectivity index (χ0v) is 13.4. The summed E-state index contributed by atoms with van der Waals surface area (Å²) < 4.78 is 1.00. The molecule has 104 valence electrons. The molecule has 1 fully saturated rings. The number of hydrogen-bond donors (Lipinski definition) is 0. The van der Waals surface area contributed by atoms with E-state index in [-0.39, 0.29) is 5.91 Å². The highest BCUT2D eigenvalue weighted by molar-refractivity contribution is 9.10. The largest absolute Gasteiger partial charge is 0.334 e. The maximum Gasteiger partial charge on any atom is 0.254 e. The molecule has 0 radical (unpaired) electrons. The summed E-state index contributed by atoms with van der Waals surface area (Å²) in [5, 5.41) is 0. The smallest absolute Gasteiger partial charge is 0.254 e. The van der Waals surface area contributed by atoms with Gasteiger partial charge in [-0.2, -0.15) is 0 Å². The maximum absolute atomic E-state index is 12.7. The van der Waals surface area contributed by atoms with E-state index in [1.807, 2.05) is 30.0 Å². The van der Waals surface area contributed by atoms with Gasteiger partial charge in [0.1, 0.15) is 0 Å². The van der Waals surface area contributed by atoms with Crippen molar-refractivity contribution < 1.29 is 4.79 Å². The minimum atomic E-state index is 0.170. The number of benzene rings is 1. The summed E-state index contributed by atoms with van der Waals surface area (Å²) in [7, 11) is 4.12. The molecule has 0 aliphatic carbocycles. The molecule has 1 aromatic rings. The van der Waals surface area contributed by atoms with E-state index < -0.39 is 0 Å². The van der Waals surface area contributed by atoms with Gasteiger partial charge in [-0.15, -0.1) is 0 Å². The first-order chi connectivity index (χ1) is 9.00. The number of amides is 1. The van der Waals surface area contributed by atoms with E-state index >= 15 is 0 Å². The lowest BCUT2D eigenvalue weighted by atomic mass is 10.1. The molecule has 1 heterocycles. The van der Waals surface area contributed by atoms with E-state index in [0.717, 1.165) is 41.5 Å². The van der Waals surface area contributed by atoms with E-state index in [1.165, 1.54) is 0 Å². The van der Waals surface area contributed by atoms with Gasteiger partial charge in [0.25, 0.3) is 5.91 Å². The van der Waals surface area contributed by atoms with Gasteiger partial charge in [0, 0.05) is 29.2 Å². The third-order valence-corrected chi connectivity index (χ3v) is 4.57. The average Bonchev–Trinajstić information content (AvgIpc) is 2.79. The Morgan fingerprint density at radius 1 is 1.47 bits per heavy atom. The molecule has 0 bridgehead atoms. The SMILES string of the molecule is Cc1c(Br)cccc1C(=O)N1CCCC1CN(C)C. The van der Waals surface area contributed by atoms with Crippen LogP contribution in [0.25, 0.3) is 0 Å². The summed E-state index contributed by atoms with van der Waals surface area (Å²) in [4.78, 5) is 16.9. The summed E-state index contributed by atoms with van der Waals surface area (Å²) >= 11 is 3.50. The first kappa shape index (κ1) is 14.5. The average molecular weight is 325 g/mol. The molecular formula is C15H21BrN2O. The van der Waals surface area contributed by atoms with Crippen molar-refractivity contribution in [2.24, 2.45) is 0 Å². The fourth-order valence-corrected chi connectivity index (χ4v) is 3.07. The third-order valence-electron chi connectivity index (χ3n) is 3.71. The molecule has 1 aliphatic heterocycles. The molecule has 1 aromatic carbocycles. The number of rotatable bonds is 3. The molecule has 0 saturated carbocycles. The van der Waals surface area contributed by atoms with E-state index in [0.29, 0.717) is 6.04 Å². The van der Waals surface area contributed by atoms with E-state index in [2.05, 4.69) is 34.9 Å². The third kappa shape index (κ3) is 3.18. The quantitative estimate of drug-likeness (QED) is 0.853. The van der Waals surface area contributed by atoms with Crippen LogP contribution >= 0.6 is 15.9 Å². The van der Waals surface area contributed by atoms with Crippen LogP contribution in [0.3, 0.4) is 0 Å². The zero-order valence-electron chi connectivity index (χ0n) is 11.8. The van der Waals surface area contributed by atoms with Gasteiger partial charge in [-0.3, -0.25) is 4.79 Å². The molecule has 1 aliphatic rings. The molecule has 1 unspecified atom stereocenters. The van der Waals surface area contributed by atoms with Gasteiger partial charge in [0.05, 0.1) is 0 Å². The van der Waals surface area contributed by atoms with Crippen LogP contribution in [-0.2, 0) is 0 Å². The molecule has 4 heteroatoms. The van der Waals surface area contributed by atoms with E-state index in [1.54, 1.807) is 0 Å². The Balaban J connectivity index is 2.21. The predicted octanol–water partition coefficient (Wildman–Crippen LogP) is 2.92. The van der Waals surface area contributed by atoms with Gasteiger partial charge >= 0.3 is 0 Å². The van der Waals surface area contributed by atoms with Crippen LogP contribution in [0.15, 0.2) is 22.7 Å². The second-order valence-electron chi connectivity index (χ2n) is 5.47. The van der Waals surface area contributed by atoms with Gasteiger partial charge in [0.15, 0.2) is 0 Å². The van der Waals surface area contributed by atoms with Crippen LogP contribution in [-0.4, -0.2) is 48.9 Å². The Kier molecular flexibility index (Phi) is 4.63. The molecule has 2 rings (SSSR count). The van der Waals surface area contributed by atoms with Crippen LogP contribution in [0.4, 0.5) is 0 Å². The van der Waals surface area contributed by atoms with Gasteiger partial charge in [0.2, 0.25) is 0 Å². The van der Waals surface area contributed by atoms with E-state index in [9.17, 15) is 4.79 Å². The van der Waals surface area contributed by atoms with Crippen molar-refractivity contribution in [3.63, 3.8) is 0 Å². The van der Waals surface area contributed by atoms with E-state index in [4.69, 9.17) is 0 Å². The second kappa shape index (κ2) is 6.06. The Morgan fingerprint density at radius 2 is 2.21 bits per heavy atom. The second-order valence-corrected chi connectivity index (χ2v) is 6.32. The minimum absolute atomic E-state index is 0.170. The first-order valence-corrected chi connectivity index (χ1v) is 7.51. The Hall–Kier alpha value is -0.870. The van der Waals surface area contributed by atoms with Gasteiger partial charge in [-0.1, -0.05) is 22.0 Å². The van der Waals surface area contributed by atoms with Crippen molar-refractivity contribution in [3.05, 3.63) is 33.8 Å². The van der Waals surface area contributed by atoms with Crippen LogP contribution in [0.5, 0.6) is 0 Å². The predicted molar refractivity (Wildman–Crippen MR) is 81.5 cm³/mol. The van der Waals surface area contributed by atoms with Crippen LogP contribution in [0.1, 0.15) is 28.8 Å². The lowest BCUT2D eigenvalue weighted by molar-refractivity contribution is 0.0715. The lowest BCUT2D eigenvalue weighted by Crippen LogP contribution is -2.41. The highest BCUT2D eigenvalue weighted by Crippen LogP contribution is 2.25. The fraction of sp³-hybridized carbons (Fsp3) is 0.533. The number of likely N-dealkylation sites (tertiary alicyclic amines) is 1. The standard InChI is InChI=1S/C15H21BrN2O/c1-11-13(7-4-8-14(11)16)15(19)18-9-5-6-12(18)10-17(2)3/h4,7-8,12H,5-6,9-10H2,1-3H3. The Labute approximate surface area is 123 Å². The summed E-state index contributed by atoms with van der Waals surface area (Å²) in [5.74, 6) is 0.170. The van der Waals surface area contributed by atoms with Crippen molar-refractivity contribution in [2.75, 3.05) is 27.2 Å². The summed E-state index contributed by atoms with van der Waals surface area (Å²) in [5.41, 5.74) is 1.85. The molecule has 1 saturated heterocycles. The molecule has 1 atom stereocenters. The maximum atomic E-state index is 12.7. The van der Waals surface area contributed by atoms with Crippen molar-refractivity contribution in [1.82, 2.24) is 9.80 Å². The number of hydrogen-bond acceptors (Lipinski definition) is 2. The minimum Gasteiger partial charge on any atom is -0.334 e. The summed E-state index contributed by atoms with van der Waals surface area (Å²) in [6.07, 6.45) is 2.22. The molecular weight excluding hydrogens is 304 g/mol. The monoisotopic (exact) mass is 324 g/mol. The fourth-order valence-electron chi connectivity index (χ4n) is 2.71. The normalized spacial score (nSPS) is 19.2. The molecule has 0 aromatic heterocycles. The number of carbonyl (C=O) groups excluding carboxylic acids is 1. The Bertz CT molecular complexity index is 473. The zero-order chi connectivity index (χ0) is 14.0. The lowest BCUT2D eigenvalue weighted by Gasteiger charge is -2.27. The van der Waals surface area contributed by atoms with Crippen molar-refractivity contribution in [3.8, 4) is 0 Å². The van der Waals surface area contributed by atoms with Crippen LogP contribution in [0, 0.1) is 6.92 Å². The molecule has 1 amide bonds.